The monoisotopic (exact) mass is 198 g/mol. The zero-order valence-electron chi connectivity index (χ0n) is 9.47. The summed E-state index contributed by atoms with van der Waals surface area (Å²) in [4.78, 5) is 11.5. The van der Waals surface area contributed by atoms with E-state index in [4.69, 9.17) is 5.73 Å². The highest BCUT2D eigenvalue weighted by Gasteiger charge is 2.38. The maximum atomic E-state index is 11.5. The summed E-state index contributed by atoms with van der Waals surface area (Å²) in [7, 11) is 0. The number of nitrogens with two attached hydrogens (primary N) is 1. The van der Waals surface area contributed by atoms with E-state index in [0.29, 0.717) is 0 Å². The molecular formula is C11H22N2O. The first-order chi connectivity index (χ1) is 6.53. The maximum absolute atomic E-state index is 11.5. The maximum Gasteiger partial charge on any atom is 0.237 e. The van der Waals surface area contributed by atoms with Gasteiger partial charge >= 0.3 is 0 Å². The second-order valence-electron chi connectivity index (χ2n) is 4.67. The van der Waals surface area contributed by atoms with E-state index in [9.17, 15) is 4.79 Å². The Morgan fingerprint density at radius 3 is 2.43 bits per heavy atom. The van der Waals surface area contributed by atoms with Gasteiger partial charge in [-0.15, -0.1) is 0 Å². The van der Waals surface area contributed by atoms with Gasteiger partial charge in [-0.1, -0.05) is 20.8 Å². The molecule has 3 heteroatoms. The fourth-order valence-corrected chi connectivity index (χ4v) is 1.93. The van der Waals surface area contributed by atoms with Gasteiger partial charge in [0.05, 0.1) is 5.54 Å². The molecule has 1 saturated carbocycles. The fraction of sp³-hybridized carbons (Fsp3) is 0.909. The number of carbonyl (C=O) groups excluding carboxylic acids is 1. The van der Waals surface area contributed by atoms with Crippen LogP contribution in [-0.2, 0) is 4.79 Å². The van der Waals surface area contributed by atoms with Crippen molar-refractivity contribution in [2.45, 2.75) is 45.6 Å². The van der Waals surface area contributed by atoms with Crippen LogP contribution in [-0.4, -0.2) is 18.0 Å². The van der Waals surface area contributed by atoms with Crippen LogP contribution in [0.25, 0.3) is 0 Å². The quantitative estimate of drug-likeness (QED) is 0.675. The Kier molecular flexibility index (Phi) is 3.53. The van der Waals surface area contributed by atoms with Crippen molar-refractivity contribution in [1.29, 1.82) is 0 Å². The van der Waals surface area contributed by atoms with Crippen molar-refractivity contribution in [3.05, 3.63) is 0 Å². The first-order valence-electron chi connectivity index (χ1n) is 5.58. The van der Waals surface area contributed by atoms with Crippen LogP contribution in [0.3, 0.4) is 0 Å². The topological polar surface area (TPSA) is 55.1 Å². The summed E-state index contributed by atoms with van der Waals surface area (Å²) in [5.74, 6) is 0.818. The summed E-state index contributed by atoms with van der Waals surface area (Å²) in [5.41, 5.74) is 4.99. The minimum atomic E-state index is -0.497. The van der Waals surface area contributed by atoms with Crippen molar-refractivity contribution in [2.75, 3.05) is 6.54 Å². The van der Waals surface area contributed by atoms with Crippen LogP contribution in [0.5, 0.6) is 0 Å². The lowest BCUT2D eigenvalue weighted by atomic mass is 9.83. The number of nitrogens with one attached hydrogen (secondary N) is 1. The second kappa shape index (κ2) is 4.30. The van der Waals surface area contributed by atoms with Crippen molar-refractivity contribution < 1.29 is 4.79 Å². The molecule has 0 aromatic rings. The van der Waals surface area contributed by atoms with Gasteiger partial charge in [0.1, 0.15) is 0 Å². The minimum absolute atomic E-state index is 0.212. The molecule has 1 fully saturated rings. The van der Waals surface area contributed by atoms with Gasteiger partial charge in [-0.2, -0.15) is 0 Å². The highest BCUT2D eigenvalue weighted by atomic mass is 16.1. The van der Waals surface area contributed by atoms with Crippen molar-refractivity contribution in [2.24, 2.45) is 17.6 Å². The molecule has 0 bridgehead atoms. The Morgan fingerprint density at radius 2 is 2.14 bits per heavy atom. The van der Waals surface area contributed by atoms with Gasteiger partial charge in [0.15, 0.2) is 0 Å². The van der Waals surface area contributed by atoms with Gasteiger partial charge in [-0.3, -0.25) is 4.79 Å². The third kappa shape index (κ3) is 2.27. The summed E-state index contributed by atoms with van der Waals surface area (Å²) >= 11 is 0. The van der Waals surface area contributed by atoms with Gasteiger partial charge in [0, 0.05) is 0 Å². The molecule has 1 amide bonds. The minimum Gasteiger partial charge on any atom is -0.368 e. The summed E-state index contributed by atoms with van der Waals surface area (Å²) in [6, 6.07) is 0. The van der Waals surface area contributed by atoms with Crippen molar-refractivity contribution in [3.8, 4) is 0 Å². The third-order valence-electron chi connectivity index (χ3n) is 3.39. The Labute approximate surface area is 86.4 Å². The average molecular weight is 198 g/mol. The van der Waals surface area contributed by atoms with Crippen LogP contribution >= 0.6 is 0 Å². The SMILES string of the molecule is CCC(NCC1CC1)(C(N)=O)C(C)C. The molecule has 0 heterocycles. The molecule has 0 aliphatic heterocycles. The zero-order chi connectivity index (χ0) is 10.8. The average Bonchev–Trinajstić information content (AvgIpc) is 2.88. The Morgan fingerprint density at radius 1 is 1.57 bits per heavy atom. The van der Waals surface area contributed by atoms with Crippen LogP contribution in [0, 0.1) is 11.8 Å². The van der Waals surface area contributed by atoms with Crippen molar-refractivity contribution in [1.82, 2.24) is 5.32 Å². The molecule has 1 aliphatic carbocycles. The fourth-order valence-electron chi connectivity index (χ4n) is 1.93. The molecule has 1 rings (SSSR count). The zero-order valence-corrected chi connectivity index (χ0v) is 9.47. The normalized spacial score (nSPS) is 20.9. The molecule has 0 spiro atoms. The van der Waals surface area contributed by atoms with Crippen LogP contribution in [0.1, 0.15) is 40.0 Å². The van der Waals surface area contributed by atoms with E-state index in [-0.39, 0.29) is 11.8 Å². The molecule has 0 aromatic carbocycles. The summed E-state index contributed by atoms with van der Waals surface area (Å²) in [5, 5.41) is 3.37. The molecule has 14 heavy (non-hydrogen) atoms. The molecule has 82 valence electrons. The molecule has 0 radical (unpaired) electrons. The smallest absolute Gasteiger partial charge is 0.237 e. The van der Waals surface area contributed by atoms with E-state index in [1.807, 2.05) is 20.8 Å². The Bertz CT molecular complexity index is 211. The van der Waals surface area contributed by atoms with E-state index in [0.717, 1.165) is 18.9 Å². The summed E-state index contributed by atoms with van der Waals surface area (Å²) in [6.07, 6.45) is 3.36. The first kappa shape index (κ1) is 11.5. The van der Waals surface area contributed by atoms with Gasteiger partial charge in [0.2, 0.25) is 5.91 Å². The highest BCUT2D eigenvalue weighted by molar-refractivity contribution is 5.84. The van der Waals surface area contributed by atoms with E-state index in [1.165, 1.54) is 12.8 Å². The van der Waals surface area contributed by atoms with E-state index < -0.39 is 5.54 Å². The lowest BCUT2D eigenvalue weighted by molar-refractivity contribution is -0.126. The number of primary amides is 1. The predicted octanol–water partition coefficient (Wildman–Crippen LogP) is 1.28. The van der Waals surface area contributed by atoms with E-state index in [1.54, 1.807) is 0 Å². The van der Waals surface area contributed by atoms with Gasteiger partial charge in [-0.05, 0) is 37.6 Å². The molecule has 1 unspecified atom stereocenters. The molecule has 0 saturated heterocycles. The number of carbonyl (C=O) groups is 1. The predicted molar refractivity (Wildman–Crippen MR) is 57.8 cm³/mol. The van der Waals surface area contributed by atoms with Crippen LogP contribution < -0.4 is 11.1 Å². The molecule has 0 aromatic heterocycles. The number of rotatable bonds is 6. The number of hydrogen-bond donors (Lipinski definition) is 2. The van der Waals surface area contributed by atoms with Gasteiger partial charge in [0.25, 0.3) is 0 Å². The summed E-state index contributed by atoms with van der Waals surface area (Å²) < 4.78 is 0. The largest absolute Gasteiger partial charge is 0.368 e. The molecule has 1 aliphatic rings. The second-order valence-corrected chi connectivity index (χ2v) is 4.67. The number of hydrogen-bond acceptors (Lipinski definition) is 2. The Hall–Kier alpha value is -0.570. The standard InChI is InChI=1S/C11H22N2O/c1-4-11(8(2)3,10(12)14)13-7-9-5-6-9/h8-9,13H,4-7H2,1-3H3,(H2,12,14). The molecule has 3 N–H and O–H groups in total. The highest BCUT2D eigenvalue weighted by Crippen LogP contribution is 2.30. The van der Waals surface area contributed by atoms with E-state index in [2.05, 4.69) is 5.32 Å². The summed E-state index contributed by atoms with van der Waals surface area (Å²) in [6.45, 7) is 7.06. The third-order valence-corrected chi connectivity index (χ3v) is 3.39. The molecular weight excluding hydrogens is 176 g/mol. The van der Waals surface area contributed by atoms with Crippen LogP contribution in [0.4, 0.5) is 0 Å². The van der Waals surface area contributed by atoms with Gasteiger partial charge < -0.3 is 11.1 Å². The van der Waals surface area contributed by atoms with Crippen molar-refractivity contribution >= 4 is 5.91 Å². The first-order valence-corrected chi connectivity index (χ1v) is 5.58. The molecule has 3 nitrogen and oxygen atoms in total. The van der Waals surface area contributed by atoms with E-state index >= 15 is 0 Å². The van der Waals surface area contributed by atoms with Gasteiger partial charge in [-0.25, -0.2) is 0 Å². The lowest BCUT2D eigenvalue weighted by Crippen LogP contribution is -2.59. The van der Waals surface area contributed by atoms with Crippen LogP contribution in [0.15, 0.2) is 0 Å². The van der Waals surface area contributed by atoms with Crippen molar-refractivity contribution in [3.63, 3.8) is 0 Å². The lowest BCUT2D eigenvalue weighted by Gasteiger charge is -2.34. The Balaban J connectivity index is 2.60. The molecule has 1 atom stereocenters. The van der Waals surface area contributed by atoms with Crippen LogP contribution in [0.2, 0.25) is 0 Å². The number of amides is 1.